The minimum absolute atomic E-state index is 0. The molecule has 0 fully saturated rings. The second-order valence-corrected chi connectivity index (χ2v) is 4.36. The van der Waals surface area contributed by atoms with E-state index in [4.69, 9.17) is 0 Å². The number of hydrogen-bond acceptors (Lipinski definition) is 0. The predicted octanol–water partition coefficient (Wildman–Crippen LogP) is 1.33. The molecule has 0 bridgehead atoms. The van der Waals surface area contributed by atoms with Gasteiger partial charge in [-0.25, -0.2) is 0 Å². The molecule has 0 amide bonds. The molecule has 0 unspecified atom stereocenters. The highest BCUT2D eigenvalue weighted by Gasteiger charge is 1.96. The fourth-order valence-electron chi connectivity index (χ4n) is 1.45. The van der Waals surface area contributed by atoms with Crippen LogP contribution in [-0.2, 0) is 6.32 Å². The standard InChI is InChI=1S/C13H11BBr.2H2O/c15-13-8-6-11(7-9-13)10-14-12-4-2-1-3-5-12;;/h1-9H,10H2;2*1H2. The summed E-state index contributed by atoms with van der Waals surface area (Å²) in [5.74, 6) is 0. The van der Waals surface area contributed by atoms with Gasteiger partial charge in [-0.15, -0.1) is 0 Å². The van der Waals surface area contributed by atoms with Crippen LogP contribution in [-0.4, -0.2) is 18.2 Å². The van der Waals surface area contributed by atoms with Gasteiger partial charge in [0.1, 0.15) is 0 Å². The Bertz CT molecular complexity index is 417. The van der Waals surface area contributed by atoms with E-state index in [1.807, 2.05) is 6.07 Å². The van der Waals surface area contributed by atoms with Gasteiger partial charge in [-0.05, 0) is 18.5 Å². The van der Waals surface area contributed by atoms with Crippen LogP contribution in [0, 0.1) is 0 Å². The van der Waals surface area contributed by atoms with E-state index < -0.39 is 0 Å². The maximum Gasteiger partial charge on any atom is 0.156 e. The lowest BCUT2D eigenvalue weighted by Crippen LogP contribution is -2.15. The highest BCUT2D eigenvalue weighted by molar-refractivity contribution is 9.10. The van der Waals surface area contributed by atoms with Crippen molar-refractivity contribution in [2.75, 3.05) is 0 Å². The molecule has 0 atom stereocenters. The zero-order valence-electron chi connectivity index (χ0n) is 9.36. The van der Waals surface area contributed by atoms with Crippen molar-refractivity contribution in [3.05, 3.63) is 64.6 Å². The molecule has 0 aliphatic heterocycles. The lowest BCUT2D eigenvalue weighted by atomic mass is 9.65. The highest BCUT2D eigenvalue weighted by Crippen LogP contribution is 2.10. The van der Waals surface area contributed by atoms with E-state index in [1.165, 1.54) is 11.0 Å². The molecular formula is C13H15BBrO2. The Morgan fingerprint density at radius 1 is 0.824 bits per heavy atom. The van der Waals surface area contributed by atoms with Crippen LogP contribution < -0.4 is 5.46 Å². The first-order valence-electron chi connectivity index (χ1n) is 4.97. The maximum atomic E-state index is 3.43. The average molecular weight is 294 g/mol. The second-order valence-electron chi connectivity index (χ2n) is 3.45. The largest absolute Gasteiger partial charge is 0.412 e. The van der Waals surface area contributed by atoms with Crippen LogP contribution in [0.5, 0.6) is 0 Å². The molecular weight excluding hydrogens is 279 g/mol. The van der Waals surface area contributed by atoms with Crippen LogP contribution in [0.3, 0.4) is 0 Å². The second kappa shape index (κ2) is 8.06. The summed E-state index contributed by atoms with van der Waals surface area (Å²) in [7, 11) is 2.24. The van der Waals surface area contributed by atoms with Crippen LogP contribution >= 0.6 is 15.9 Å². The summed E-state index contributed by atoms with van der Waals surface area (Å²) < 4.78 is 1.13. The molecule has 2 rings (SSSR count). The third-order valence-corrected chi connectivity index (χ3v) is 2.81. The first-order valence-corrected chi connectivity index (χ1v) is 5.76. The van der Waals surface area contributed by atoms with Gasteiger partial charge < -0.3 is 11.0 Å². The van der Waals surface area contributed by atoms with Crippen LogP contribution in [0.2, 0.25) is 0 Å². The molecule has 0 heterocycles. The van der Waals surface area contributed by atoms with Gasteiger partial charge in [0.15, 0.2) is 7.28 Å². The van der Waals surface area contributed by atoms with Crippen molar-refractivity contribution in [3.63, 3.8) is 0 Å². The van der Waals surface area contributed by atoms with Gasteiger partial charge in [-0.1, -0.05) is 69.4 Å². The molecule has 89 valence electrons. The number of rotatable bonds is 3. The lowest BCUT2D eigenvalue weighted by Gasteiger charge is -2.00. The van der Waals surface area contributed by atoms with Gasteiger partial charge in [0, 0.05) is 4.47 Å². The van der Waals surface area contributed by atoms with Crippen molar-refractivity contribution in [3.8, 4) is 0 Å². The molecule has 1 radical (unpaired) electrons. The Morgan fingerprint density at radius 2 is 1.41 bits per heavy atom. The topological polar surface area (TPSA) is 63.0 Å². The van der Waals surface area contributed by atoms with E-state index in [0.717, 1.165) is 10.8 Å². The minimum Gasteiger partial charge on any atom is -0.412 e. The van der Waals surface area contributed by atoms with Crippen LogP contribution in [0.15, 0.2) is 59.1 Å². The van der Waals surface area contributed by atoms with E-state index in [0.29, 0.717) is 0 Å². The summed E-state index contributed by atoms with van der Waals surface area (Å²) in [4.78, 5) is 0. The number of hydrogen-bond donors (Lipinski definition) is 0. The van der Waals surface area contributed by atoms with Crippen LogP contribution in [0.4, 0.5) is 0 Å². The molecule has 2 aromatic rings. The number of benzene rings is 2. The summed E-state index contributed by atoms with van der Waals surface area (Å²) in [5.41, 5.74) is 2.61. The van der Waals surface area contributed by atoms with Crippen molar-refractivity contribution in [2.45, 2.75) is 6.32 Å². The first-order chi connectivity index (χ1) is 7.34. The molecule has 4 heteroatoms. The van der Waals surface area contributed by atoms with E-state index in [-0.39, 0.29) is 11.0 Å². The van der Waals surface area contributed by atoms with Crippen molar-refractivity contribution in [1.29, 1.82) is 0 Å². The Kier molecular flexibility index (Phi) is 7.54. The average Bonchev–Trinajstić information content (AvgIpc) is 2.30. The van der Waals surface area contributed by atoms with Crippen molar-refractivity contribution in [1.82, 2.24) is 0 Å². The molecule has 0 saturated heterocycles. The molecule has 2 nitrogen and oxygen atoms in total. The Balaban J connectivity index is 0.00000128. The van der Waals surface area contributed by atoms with Gasteiger partial charge >= 0.3 is 0 Å². The molecule has 2 aromatic carbocycles. The smallest absolute Gasteiger partial charge is 0.156 e. The first kappa shape index (κ1) is 15.9. The van der Waals surface area contributed by atoms with Crippen molar-refractivity contribution < 1.29 is 11.0 Å². The third-order valence-electron chi connectivity index (χ3n) is 2.29. The minimum atomic E-state index is 0. The lowest BCUT2D eigenvalue weighted by molar-refractivity contribution is 0.823. The van der Waals surface area contributed by atoms with E-state index in [1.54, 1.807) is 0 Å². The molecule has 0 aliphatic rings. The van der Waals surface area contributed by atoms with Gasteiger partial charge in [0.25, 0.3) is 0 Å². The summed E-state index contributed by atoms with van der Waals surface area (Å²) in [6.07, 6.45) is 0.983. The normalized spacial score (nSPS) is 8.76. The van der Waals surface area contributed by atoms with Crippen LogP contribution in [0.1, 0.15) is 5.56 Å². The molecule has 0 aromatic heterocycles. The molecule has 0 aliphatic carbocycles. The maximum absolute atomic E-state index is 3.43. The monoisotopic (exact) mass is 293 g/mol. The molecule has 17 heavy (non-hydrogen) atoms. The summed E-state index contributed by atoms with van der Waals surface area (Å²) in [6, 6.07) is 18.9. The number of halogens is 1. The summed E-state index contributed by atoms with van der Waals surface area (Å²) in [5, 5.41) is 0. The molecule has 0 saturated carbocycles. The van der Waals surface area contributed by atoms with E-state index >= 15 is 0 Å². The SMILES string of the molecule is Brc1ccc(C[B]c2ccccc2)cc1.O.O. The van der Waals surface area contributed by atoms with Crippen LogP contribution in [0.25, 0.3) is 0 Å². The molecule has 0 spiro atoms. The van der Waals surface area contributed by atoms with Gasteiger partial charge in [-0.2, -0.15) is 0 Å². The van der Waals surface area contributed by atoms with E-state index in [9.17, 15) is 0 Å². The quantitative estimate of drug-likeness (QED) is 0.767. The fourth-order valence-corrected chi connectivity index (χ4v) is 1.71. The van der Waals surface area contributed by atoms with Gasteiger partial charge in [-0.3, -0.25) is 0 Å². The predicted molar refractivity (Wildman–Crippen MR) is 76.9 cm³/mol. The zero-order valence-corrected chi connectivity index (χ0v) is 10.9. The summed E-state index contributed by atoms with van der Waals surface area (Å²) in [6.45, 7) is 0. The Hall–Kier alpha value is -1.10. The van der Waals surface area contributed by atoms with Crippen molar-refractivity contribution >= 4 is 28.7 Å². The Morgan fingerprint density at radius 3 is 2.00 bits per heavy atom. The fraction of sp³-hybridized carbons (Fsp3) is 0.0769. The Labute approximate surface area is 111 Å². The zero-order chi connectivity index (χ0) is 10.5. The van der Waals surface area contributed by atoms with E-state index in [2.05, 4.69) is 71.7 Å². The van der Waals surface area contributed by atoms with Crippen molar-refractivity contribution in [2.24, 2.45) is 0 Å². The highest BCUT2D eigenvalue weighted by atomic mass is 79.9. The molecule has 4 N–H and O–H groups in total. The summed E-state index contributed by atoms with van der Waals surface area (Å²) >= 11 is 3.43. The third kappa shape index (κ3) is 5.17. The van der Waals surface area contributed by atoms with Gasteiger partial charge in [0.2, 0.25) is 0 Å². The van der Waals surface area contributed by atoms with Gasteiger partial charge in [0.05, 0.1) is 0 Å².